The Hall–Kier alpha value is -2.62. The second-order valence-electron chi connectivity index (χ2n) is 7.34. The zero-order valence-corrected chi connectivity index (χ0v) is 16.0. The van der Waals surface area contributed by atoms with Gasteiger partial charge in [0, 0.05) is 18.2 Å². The topological polar surface area (TPSA) is 58.2 Å². The molecule has 0 radical (unpaired) electrons. The molecule has 142 valence electrons. The Morgan fingerprint density at radius 3 is 2.44 bits per heavy atom. The van der Waals surface area contributed by atoms with E-state index in [-0.39, 0.29) is 17.7 Å². The van der Waals surface area contributed by atoms with Crippen molar-refractivity contribution in [3.05, 3.63) is 65.2 Å². The van der Waals surface area contributed by atoms with Crippen molar-refractivity contribution in [3.63, 3.8) is 0 Å². The second-order valence-corrected chi connectivity index (χ2v) is 7.34. The van der Waals surface area contributed by atoms with E-state index in [0.717, 1.165) is 36.1 Å². The molecule has 1 aliphatic rings. The first kappa shape index (κ1) is 19.2. The molecular weight excluding hydrogens is 336 g/mol. The van der Waals surface area contributed by atoms with Crippen LogP contribution in [0.1, 0.15) is 49.3 Å². The lowest BCUT2D eigenvalue weighted by Crippen LogP contribution is -2.24. The summed E-state index contributed by atoms with van der Waals surface area (Å²) in [5.41, 5.74) is 4.12. The summed E-state index contributed by atoms with van der Waals surface area (Å²) in [6.45, 7) is 2.65. The maximum atomic E-state index is 12.2. The van der Waals surface area contributed by atoms with Crippen LogP contribution in [-0.4, -0.2) is 11.8 Å². The Bertz CT molecular complexity index is 779. The lowest BCUT2D eigenvalue weighted by atomic mass is 10.0. The van der Waals surface area contributed by atoms with E-state index in [1.54, 1.807) is 0 Å². The maximum absolute atomic E-state index is 12.2. The SMILES string of the molecule is CCCCc1ccc(CC(=O)NCc2cccc(NC(=O)C3CC3)c2)cc1. The molecule has 0 saturated heterocycles. The predicted molar refractivity (Wildman–Crippen MR) is 108 cm³/mol. The molecule has 1 fully saturated rings. The largest absolute Gasteiger partial charge is 0.352 e. The number of nitrogens with one attached hydrogen (secondary N) is 2. The van der Waals surface area contributed by atoms with Crippen LogP contribution in [0, 0.1) is 5.92 Å². The molecule has 4 heteroatoms. The number of carbonyl (C=O) groups excluding carboxylic acids is 2. The van der Waals surface area contributed by atoms with Crippen molar-refractivity contribution < 1.29 is 9.59 Å². The summed E-state index contributed by atoms with van der Waals surface area (Å²) in [5, 5.41) is 5.90. The molecule has 1 aliphatic carbocycles. The van der Waals surface area contributed by atoms with E-state index < -0.39 is 0 Å². The molecule has 0 aliphatic heterocycles. The second kappa shape index (κ2) is 9.36. The average molecular weight is 364 g/mol. The maximum Gasteiger partial charge on any atom is 0.227 e. The van der Waals surface area contributed by atoms with E-state index in [1.165, 1.54) is 18.4 Å². The van der Waals surface area contributed by atoms with Gasteiger partial charge in [-0.2, -0.15) is 0 Å². The highest BCUT2D eigenvalue weighted by molar-refractivity contribution is 5.94. The first-order valence-corrected chi connectivity index (χ1v) is 9.88. The number of aryl methyl sites for hydroxylation is 1. The van der Waals surface area contributed by atoms with Crippen molar-refractivity contribution in [1.82, 2.24) is 5.32 Å². The first-order valence-electron chi connectivity index (χ1n) is 9.88. The lowest BCUT2D eigenvalue weighted by molar-refractivity contribution is -0.120. The van der Waals surface area contributed by atoms with Crippen molar-refractivity contribution in [2.45, 2.75) is 52.0 Å². The molecule has 1 saturated carbocycles. The number of hydrogen-bond donors (Lipinski definition) is 2. The van der Waals surface area contributed by atoms with Gasteiger partial charge < -0.3 is 10.6 Å². The molecule has 3 rings (SSSR count). The van der Waals surface area contributed by atoms with E-state index in [0.29, 0.717) is 13.0 Å². The molecule has 2 aromatic rings. The van der Waals surface area contributed by atoms with E-state index in [1.807, 2.05) is 36.4 Å². The van der Waals surface area contributed by atoms with Gasteiger partial charge in [0.05, 0.1) is 6.42 Å². The summed E-state index contributed by atoms with van der Waals surface area (Å²) >= 11 is 0. The highest BCUT2D eigenvalue weighted by atomic mass is 16.2. The van der Waals surface area contributed by atoms with Crippen molar-refractivity contribution in [2.24, 2.45) is 5.92 Å². The molecule has 27 heavy (non-hydrogen) atoms. The number of hydrogen-bond acceptors (Lipinski definition) is 2. The monoisotopic (exact) mass is 364 g/mol. The molecule has 0 unspecified atom stereocenters. The summed E-state index contributed by atoms with van der Waals surface area (Å²) in [6, 6.07) is 16.0. The van der Waals surface area contributed by atoms with Crippen LogP contribution < -0.4 is 10.6 Å². The standard InChI is InChI=1S/C23H28N2O2/c1-2-3-5-17-8-10-18(11-9-17)15-22(26)24-16-19-6-4-7-21(14-19)25-23(27)20-12-13-20/h4,6-11,14,20H,2-3,5,12-13,15-16H2,1H3,(H,24,26)(H,25,27). The highest BCUT2D eigenvalue weighted by Crippen LogP contribution is 2.30. The van der Waals surface area contributed by atoms with E-state index in [2.05, 4.69) is 29.7 Å². The molecule has 2 amide bonds. The van der Waals surface area contributed by atoms with Crippen LogP contribution >= 0.6 is 0 Å². The van der Waals surface area contributed by atoms with Crippen LogP contribution in [0.5, 0.6) is 0 Å². The predicted octanol–water partition coefficient (Wildman–Crippen LogP) is 4.24. The van der Waals surface area contributed by atoms with E-state index in [9.17, 15) is 9.59 Å². The number of amides is 2. The third-order valence-corrected chi connectivity index (χ3v) is 4.84. The zero-order chi connectivity index (χ0) is 19.1. The van der Waals surface area contributed by atoms with E-state index >= 15 is 0 Å². The Kier molecular flexibility index (Phi) is 6.64. The van der Waals surface area contributed by atoms with Gasteiger partial charge in [0.25, 0.3) is 0 Å². The van der Waals surface area contributed by atoms with Gasteiger partial charge in [-0.3, -0.25) is 9.59 Å². The van der Waals surface area contributed by atoms with Gasteiger partial charge in [0.1, 0.15) is 0 Å². The Morgan fingerprint density at radius 2 is 1.74 bits per heavy atom. The Balaban J connectivity index is 1.46. The Morgan fingerprint density at radius 1 is 1.00 bits per heavy atom. The van der Waals surface area contributed by atoms with Gasteiger partial charge in [-0.05, 0) is 54.5 Å². The minimum absolute atomic E-state index is 0.00345. The molecule has 0 bridgehead atoms. The number of benzene rings is 2. The number of carbonyl (C=O) groups is 2. The van der Waals surface area contributed by atoms with Crippen molar-refractivity contribution in [3.8, 4) is 0 Å². The Labute approximate surface area is 161 Å². The lowest BCUT2D eigenvalue weighted by Gasteiger charge is -2.09. The van der Waals surface area contributed by atoms with Crippen molar-refractivity contribution >= 4 is 17.5 Å². The van der Waals surface area contributed by atoms with Crippen LogP contribution in [0.25, 0.3) is 0 Å². The van der Waals surface area contributed by atoms with Gasteiger partial charge in [-0.1, -0.05) is 49.7 Å². The van der Waals surface area contributed by atoms with E-state index in [4.69, 9.17) is 0 Å². The minimum atomic E-state index is 0.00345. The summed E-state index contributed by atoms with van der Waals surface area (Å²) in [4.78, 5) is 24.1. The third-order valence-electron chi connectivity index (χ3n) is 4.84. The fourth-order valence-corrected chi connectivity index (χ4v) is 3.00. The molecule has 0 heterocycles. The summed E-state index contributed by atoms with van der Waals surface area (Å²) < 4.78 is 0. The third kappa shape index (κ3) is 6.24. The average Bonchev–Trinajstić information content (AvgIpc) is 3.52. The quantitative estimate of drug-likeness (QED) is 0.699. The van der Waals surface area contributed by atoms with Gasteiger partial charge in [0.15, 0.2) is 0 Å². The number of rotatable bonds is 9. The molecule has 2 aromatic carbocycles. The molecular formula is C23H28N2O2. The fraction of sp³-hybridized carbons (Fsp3) is 0.391. The van der Waals surface area contributed by atoms with Crippen LogP contribution in [0.3, 0.4) is 0 Å². The summed E-state index contributed by atoms with van der Waals surface area (Å²) in [6.07, 6.45) is 5.83. The summed E-state index contributed by atoms with van der Waals surface area (Å²) in [5.74, 6) is 0.281. The van der Waals surface area contributed by atoms with Gasteiger partial charge in [0.2, 0.25) is 11.8 Å². The number of anilines is 1. The van der Waals surface area contributed by atoms with Crippen LogP contribution in [-0.2, 0) is 29.0 Å². The highest BCUT2D eigenvalue weighted by Gasteiger charge is 2.29. The van der Waals surface area contributed by atoms with Crippen LogP contribution in [0.2, 0.25) is 0 Å². The van der Waals surface area contributed by atoms with Crippen LogP contribution in [0.15, 0.2) is 48.5 Å². The molecule has 2 N–H and O–H groups in total. The first-order chi connectivity index (χ1) is 13.1. The molecule has 0 spiro atoms. The van der Waals surface area contributed by atoms with Gasteiger partial charge in [-0.25, -0.2) is 0 Å². The molecule has 0 aromatic heterocycles. The minimum Gasteiger partial charge on any atom is -0.352 e. The van der Waals surface area contributed by atoms with Crippen molar-refractivity contribution in [2.75, 3.05) is 5.32 Å². The fourth-order valence-electron chi connectivity index (χ4n) is 3.00. The smallest absolute Gasteiger partial charge is 0.227 e. The van der Waals surface area contributed by atoms with Crippen LogP contribution in [0.4, 0.5) is 5.69 Å². The van der Waals surface area contributed by atoms with Gasteiger partial charge >= 0.3 is 0 Å². The van der Waals surface area contributed by atoms with Crippen molar-refractivity contribution in [1.29, 1.82) is 0 Å². The number of unbranched alkanes of at least 4 members (excludes halogenated alkanes) is 1. The molecule has 0 atom stereocenters. The normalized spacial score (nSPS) is 13.2. The van der Waals surface area contributed by atoms with Gasteiger partial charge in [-0.15, -0.1) is 0 Å². The molecule has 4 nitrogen and oxygen atoms in total. The zero-order valence-electron chi connectivity index (χ0n) is 16.0. The summed E-state index contributed by atoms with van der Waals surface area (Å²) in [7, 11) is 0.